The first-order valence-electron chi connectivity index (χ1n) is 6.33. The Labute approximate surface area is 107 Å². The molecule has 0 radical (unpaired) electrons. The largest absolute Gasteiger partial charge is 0.366 e. The van der Waals surface area contributed by atoms with E-state index in [1.54, 1.807) is 0 Å². The number of carbonyl (C=O) groups is 1. The zero-order valence-electron chi connectivity index (χ0n) is 11.0. The molecule has 2 heterocycles. The van der Waals surface area contributed by atoms with Crippen LogP contribution in [0, 0.1) is 0 Å². The van der Waals surface area contributed by atoms with Gasteiger partial charge in [0.25, 0.3) is 0 Å². The fourth-order valence-corrected chi connectivity index (χ4v) is 2.00. The normalized spacial score (nSPS) is 20.7. The third-order valence-electron chi connectivity index (χ3n) is 3.25. The third kappa shape index (κ3) is 3.11. The Hall–Kier alpha value is -1.33. The van der Waals surface area contributed by atoms with Gasteiger partial charge in [-0.05, 0) is 12.1 Å². The van der Waals surface area contributed by atoms with Gasteiger partial charge < -0.3 is 20.4 Å². The minimum Gasteiger partial charge on any atom is -0.366 e. The number of hydrogen-bond donors (Lipinski definition) is 3. The van der Waals surface area contributed by atoms with E-state index in [1.807, 2.05) is 18.3 Å². The fourth-order valence-electron chi connectivity index (χ4n) is 2.00. The van der Waals surface area contributed by atoms with Gasteiger partial charge in [0, 0.05) is 36.9 Å². The van der Waals surface area contributed by atoms with Crippen molar-refractivity contribution in [2.75, 3.05) is 26.2 Å². The lowest BCUT2D eigenvalue weighted by Gasteiger charge is -2.27. The van der Waals surface area contributed by atoms with Crippen LogP contribution in [0.4, 0.5) is 0 Å². The predicted octanol–water partition coefficient (Wildman–Crippen LogP) is 0.397. The van der Waals surface area contributed by atoms with E-state index < -0.39 is 0 Å². The van der Waals surface area contributed by atoms with Crippen LogP contribution >= 0.6 is 0 Å². The Morgan fingerprint density at radius 3 is 3.06 bits per heavy atom. The van der Waals surface area contributed by atoms with Gasteiger partial charge in [0.1, 0.15) is 6.10 Å². The van der Waals surface area contributed by atoms with E-state index in [0.717, 1.165) is 12.2 Å². The molecule has 0 aromatic carbocycles. The predicted molar refractivity (Wildman–Crippen MR) is 69.4 cm³/mol. The van der Waals surface area contributed by atoms with Gasteiger partial charge in [0.05, 0.1) is 6.61 Å². The zero-order chi connectivity index (χ0) is 13.0. The standard InChI is InChI=1S/C13H21N3O2/c1-13(2,11-4-3-5-15-11)9-16-12(17)10-8-14-6-7-18-10/h3-5,10,14-15H,6-9H2,1-2H3,(H,16,17). The topological polar surface area (TPSA) is 66.2 Å². The van der Waals surface area contributed by atoms with Crippen LogP contribution in [0.1, 0.15) is 19.5 Å². The van der Waals surface area contributed by atoms with Crippen LogP contribution in [0.2, 0.25) is 0 Å². The summed E-state index contributed by atoms with van der Waals surface area (Å²) >= 11 is 0. The molecule has 18 heavy (non-hydrogen) atoms. The molecule has 0 aliphatic carbocycles. The Morgan fingerprint density at radius 2 is 2.44 bits per heavy atom. The second kappa shape index (κ2) is 5.54. The molecule has 3 N–H and O–H groups in total. The number of morpholine rings is 1. The minimum atomic E-state index is -0.363. The van der Waals surface area contributed by atoms with E-state index in [-0.39, 0.29) is 17.4 Å². The monoisotopic (exact) mass is 251 g/mol. The molecule has 1 aromatic rings. The first kappa shape index (κ1) is 13.1. The third-order valence-corrected chi connectivity index (χ3v) is 3.25. The van der Waals surface area contributed by atoms with Crippen LogP contribution in [0.15, 0.2) is 18.3 Å². The molecule has 1 aromatic heterocycles. The van der Waals surface area contributed by atoms with Crippen LogP contribution in [-0.2, 0) is 14.9 Å². The highest BCUT2D eigenvalue weighted by molar-refractivity contribution is 5.81. The van der Waals surface area contributed by atoms with Crippen molar-refractivity contribution in [3.8, 4) is 0 Å². The molecule has 1 aliphatic rings. The number of carbonyl (C=O) groups excluding carboxylic acids is 1. The van der Waals surface area contributed by atoms with Crippen molar-refractivity contribution < 1.29 is 9.53 Å². The minimum absolute atomic E-state index is 0.0400. The Balaban J connectivity index is 1.85. The molecular formula is C13H21N3O2. The van der Waals surface area contributed by atoms with Crippen molar-refractivity contribution >= 4 is 5.91 Å². The van der Waals surface area contributed by atoms with Crippen molar-refractivity contribution in [2.45, 2.75) is 25.4 Å². The number of nitrogens with one attached hydrogen (secondary N) is 3. The smallest absolute Gasteiger partial charge is 0.250 e. The summed E-state index contributed by atoms with van der Waals surface area (Å²) < 4.78 is 5.41. The molecule has 1 fully saturated rings. The maximum absolute atomic E-state index is 11.9. The molecule has 1 unspecified atom stereocenters. The highest BCUT2D eigenvalue weighted by Gasteiger charge is 2.26. The maximum Gasteiger partial charge on any atom is 0.250 e. The van der Waals surface area contributed by atoms with Crippen LogP contribution in [-0.4, -0.2) is 43.2 Å². The summed E-state index contributed by atoms with van der Waals surface area (Å²) in [6, 6.07) is 4.00. The Bertz CT molecular complexity index is 381. The lowest BCUT2D eigenvalue weighted by Crippen LogP contribution is -2.50. The van der Waals surface area contributed by atoms with E-state index in [9.17, 15) is 4.79 Å². The average molecular weight is 251 g/mol. The first-order valence-corrected chi connectivity index (χ1v) is 6.33. The number of H-pyrrole nitrogens is 1. The summed E-state index contributed by atoms with van der Waals surface area (Å²) in [4.78, 5) is 15.1. The lowest BCUT2D eigenvalue weighted by molar-refractivity contribution is -0.134. The maximum atomic E-state index is 11.9. The summed E-state index contributed by atoms with van der Waals surface area (Å²) in [6.07, 6.45) is 1.53. The van der Waals surface area contributed by atoms with Crippen LogP contribution in [0.5, 0.6) is 0 Å². The quantitative estimate of drug-likeness (QED) is 0.725. The summed E-state index contributed by atoms with van der Waals surface area (Å²) in [6.45, 7) is 6.79. The van der Waals surface area contributed by atoms with E-state index in [4.69, 9.17) is 4.74 Å². The fraction of sp³-hybridized carbons (Fsp3) is 0.615. The van der Waals surface area contributed by atoms with Gasteiger partial charge in [0.2, 0.25) is 5.91 Å². The van der Waals surface area contributed by atoms with Crippen molar-refractivity contribution in [3.05, 3.63) is 24.0 Å². The second-order valence-corrected chi connectivity index (χ2v) is 5.25. The molecule has 5 heteroatoms. The molecule has 0 bridgehead atoms. The van der Waals surface area contributed by atoms with Crippen molar-refractivity contribution in [1.82, 2.24) is 15.6 Å². The summed E-state index contributed by atoms with van der Waals surface area (Å²) in [5.41, 5.74) is 1.01. The molecule has 1 aliphatic heterocycles. The SMILES string of the molecule is CC(C)(CNC(=O)C1CNCCO1)c1ccc[nH]1. The van der Waals surface area contributed by atoms with E-state index in [1.165, 1.54) is 0 Å². The number of aromatic amines is 1. The Kier molecular flexibility index (Phi) is 4.04. The van der Waals surface area contributed by atoms with Gasteiger partial charge >= 0.3 is 0 Å². The van der Waals surface area contributed by atoms with Crippen LogP contribution in [0.3, 0.4) is 0 Å². The van der Waals surface area contributed by atoms with E-state index >= 15 is 0 Å². The first-order chi connectivity index (χ1) is 8.59. The van der Waals surface area contributed by atoms with Gasteiger partial charge in [-0.1, -0.05) is 13.8 Å². The molecule has 1 atom stereocenters. The van der Waals surface area contributed by atoms with Gasteiger partial charge in [0.15, 0.2) is 0 Å². The van der Waals surface area contributed by atoms with Gasteiger partial charge in [-0.25, -0.2) is 0 Å². The number of amides is 1. The van der Waals surface area contributed by atoms with Gasteiger partial charge in [-0.15, -0.1) is 0 Å². The molecule has 0 saturated carbocycles. The van der Waals surface area contributed by atoms with Crippen molar-refractivity contribution in [2.24, 2.45) is 0 Å². The van der Waals surface area contributed by atoms with E-state index in [0.29, 0.717) is 19.7 Å². The summed E-state index contributed by atoms with van der Waals surface area (Å²) in [7, 11) is 0. The highest BCUT2D eigenvalue weighted by atomic mass is 16.5. The lowest BCUT2D eigenvalue weighted by atomic mass is 9.89. The molecule has 2 rings (SSSR count). The molecular weight excluding hydrogens is 230 g/mol. The summed E-state index contributed by atoms with van der Waals surface area (Å²) in [5, 5.41) is 6.11. The molecule has 0 spiro atoms. The van der Waals surface area contributed by atoms with Crippen molar-refractivity contribution in [1.29, 1.82) is 0 Å². The number of aromatic nitrogens is 1. The van der Waals surface area contributed by atoms with Crippen LogP contribution in [0.25, 0.3) is 0 Å². The average Bonchev–Trinajstić information content (AvgIpc) is 2.92. The zero-order valence-corrected chi connectivity index (χ0v) is 11.0. The number of ether oxygens (including phenoxy) is 1. The second-order valence-electron chi connectivity index (χ2n) is 5.25. The molecule has 100 valence electrons. The summed E-state index contributed by atoms with van der Waals surface area (Å²) in [5.74, 6) is -0.0400. The molecule has 1 amide bonds. The van der Waals surface area contributed by atoms with Gasteiger partial charge in [-0.2, -0.15) is 0 Å². The van der Waals surface area contributed by atoms with Gasteiger partial charge in [-0.3, -0.25) is 4.79 Å². The molecule has 5 nitrogen and oxygen atoms in total. The molecule has 1 saturated heterocycles. The highest BCUT2D eigenvalue weighted by Crippen LogP contribution is 2.20. The van der Waals surface area contributed by atoms with Crippen molar-refractivity contribution in [3.63, 3.8) is 0 Å². The number of rotatable bonds is 4. The Morgan fingerprint density at radius 1 is 1.61 bits per heavy atom. The van der Waals surface area contributed by atoms with Crippen LogP contribution < -0.4 is 10.6 Å². The van der Waals surface area contributed by atoms with E-state index in [2.05, 4.69) is 29.5 Å². The number of hydrogen-bond acceptors (Lipinski definition) is 3.